The van der Waals surface area contributed by atoms with Crippen molar-refractivity contribution in [3.05, 3.63) is 53.4 Å². The SMILES string of the molecule is C=C/C=C(\C(C)=N)c1cc2c([nH]1)C(CC=C(C)CC)CNC2=O. The maximum absolute atomic E-state index is 12.1. The predicted molar refractivity (Wildman–Crippen MR) is 96.1 cm³/mol. The van der Waals surface area contributed by atoms with E-state index < -0.39 is 0 Å². The Kier molecular flexibility index (Phi) is 5.37. The molecule has 1 amide bonds. The Morgan fingerprint density at radius 1 is 1.48 bits per heavy atom. The number of amides is 1. The third-order valence-corrected chi connectivity index (χ3v) is 4.30. The summed E-state index contributed by atoms with van der Waals surface area (Å²) in [5, 5.41) is 10.9. The van der Waals surface area contributed by atoms with Gasteiger partial charge in [0.2, 0.25) is 0 Å². The first-order valence-electron chi connectivity index (χ1n) is 8.03. The fraction of sp³-hybridized carbons (Fsp3) is 0.368. The van der Waals surface area contributed by atoms with E-state index in [1.54, 1.807) is 19.1 Å². The lowest BCUT2D eigenvalue weighted by molar-refractivity contribution is 0.0940. The Labute approximate surface area is 137 Å². The lowest BCUT2D eigenvalue weighted by Gasteiger charge is -2.22. The highest BCUT2D eigenvalue weighted by Crippen LogP contribution is 2.30. The maximum atomic E-state index is 12.1. The Balaban J connectivity index is 2.40. The second kappa shape index (κ2) is 7.27. The van der Waals surface area contributed by atoms with E-state index in [1.807, 2.05) is 6.07 Å². The summed E-state index contributed by atoms with van der Waals surface area (Å²) in [5.74, 6) is 0.199. The minimum absolute atomic E-state index is 0.0458. The van der Waals surface area contributed by atoms with Gasteiger partial charge in [-0.05, 0) is 32.8 Å². The second-order valence-electron chi connectivity index (χ2n) is 6.00. The predicted octanol–water partition coefficient (Wildman–Crippen LogP) is 4.20. The maximum Gasteiger partial charge on any atom is 0.253 e. The molecular formula is C19H25N3O. The summed E-state index contributed by atoms with van der Waals surface area (Å²) >= 11 is 0. The van der Waals surface area contributed by atoms with Crippen molar-refractivity contribution in [3.63, 3.8) is 0 Å². The summed E-state index contributed by atoms with van der Waals surface area (Å²) in [6.07, 6.45) is 7.65. The Bertz CT molecular complexity index is 691. The molecule has 122 valence electrons. The van der Waals surface area contributed by atoms with Gasteiger partial charge in [-0.2, -0.15) is 0 Å². The summed E-state index contributed by atoms with van der Waals surface area (Å²) < 4.78 is 0. The molecule has 0 saturated heterocycles. The minimum Gasteiger partial charge on any atom is -0.357 e. The number of hydrogen-bond acceptors (Lipinski definition) is 2. The number of nitrogens with one attached hydrogen (secondary N) is 3. The molecule has 3 N–H and O–H groups in total. The van der Waals surface area contributed by atoms with Gasteiger partial charge in [0.25, 0.3) is 5.91 Å². The first-order chi connectivity index (χ1) is 11.0. The van der Waals surface area contributed by atoms with Crippen LogP contribution in [0.15, 0.2) is 36.4 Å². The van der Waals surface area contributed by atoms with E-state index in [-0.39, 0.29) is 11.8 Å². The number of H-pyrrole nitrogens is 1. The number of aromatic amines is 1. The van der Waals surface area contributed by atoms with Crippen molar-refractivity contribution >= 4 is 17.2 Å². The lowest BCUT2D eigenvalue weighted by Crippen LogP contribution is -2.34. The molecule has 0 spiro atoms. The van der Waals surface area contributed by atoms with E-state index in [2.05, 4.69) is 36.8 Å². The van der Waals surface area contributed by atoms with E-state index in [0.717, 1.165) is 29.8 Å². The zero-order chi connectivity index (χ0) is 17.0. The van der Waals surface area contributed by atoms with Crippen molar-refractivity contribution in [2.24, 2.45) is 0 Å². The van der Waals surface area contributed by atoms with Crippen LogP contribution in [0.3, 0.4) is 0 Å². The summed E-state index contributed by atoms with van der Waals surface area (Å²) in [7, 11) is 0. The van der Waals surface area contributed by atoms with E-state index >= 15 is 0 Å². The van der Waals surface area contributed by atoms with Crippen molar-refractivity contribution < 1.29 is 4.79 Å². The highest BCUT2D eigenvalue weighted by atomic mass is 16.1. The average Bonchev–Trinajstić information content (AvgIpc) is 2.97. The molecule has 1 aromatic rings. The lowest BCUT2D eigenvalue weighted by atomic mass is 9.93. The molecule has 2 rings (SSSR count). The van der Waals surface area contributed by atoms with Crippen LogP contribution >= 0.6 is 0 Å². The minimum atomic E-state index is -0.0458. The number of carbonyl (C=O) groups is 1. The largest absolute Gasteiger partial charge is 0.357 e. The van der Waals surface area contributed by atoms with Gasteiger partial charge in [0.1, 0.15) is 0 Å². The molecule has 0 aliphatic carbocycles. The van der Waals surface area contributed by atoms with Crippen molar-refractivity contribution in [2.45, 2.75) is 39.5 Å². The molecule has 0 fully saturated rings. The molecule has 1 aliphatic rings. The topological polar surface area (TPSA) is 68.7 Å². The molecule has 1 aliphatic heterocycles. The zero-order valence-corrected chi connectivity index (χ0v) is 14.1. The van der Waals surface area contributed by atoms with Crippen LogP contribution in [-0.4, -0.2) is 23.1 Å². The first-order valence-corrected chi connectivity index (χ1v) is 8.03. The van der Waals surface area contributed by atoms with Gasteiger partial charge in [0.15, 0.2) is 0 Å². The third-order valence-electron chi connectivity index (χ3n) is 4.30. The molecule has 0 bridgehead atoms. The standard InChI is InChI=1S/C19H25N3O/c1-5-7-15(13(4)20)17-10-16-18(22-17)14(11-21-19(16)23)9-8-12(3)6-2/h5,7-8,10,14,20,22H,1,6,9,11H2,2-4H3,(H,21,23)/b12-8?,15-7+,20-13?. The Hall–Kier alpha value is -2.36. The van der Waals surface area contributed by atoms with Crippen LogP contribution in [0.25, 0.3) is 5.57 Å². The summed E-state index contributed by atoms with van der Waals surface area (Å²) in [6.45, 7) is 10.4. The number of carbonyl (C=O) groups excluding carboxylic acids is 1. The van der Waals surface area contributed by atoms with Gasteiger partial charge < -0.3 is 15.7 Å². The van der Waals surface area contributed by atoms with Crippen LogP contribution < -0.4 is 5.32 Å². The number of rotatable bonds is 6. The van der Waals surface area contributed by atoms with E-state index in [4.69, 9.17) is 5.41 Å². The molecule has 0 radical (unpaired) electrons. The fourth-order valence-corrected chi connectivity index (χ4v) is 2.76. The highest BCUT2D eigenvalue weighted by molar-refractivity contribution is 6.21. The number of hydrogen-bond donors (Lipinski definition) is 3. The van der Waals surface area contributed by atoms with Gasteiger partial charge in [-0.1, -0.05) is 37.3 Å². The second-order valence-corrected chi connectivity index (χ2v) is 6.00. The molecule has 1 unspecified atom stereocenters. The van der Waals surface area contributed by atoms with Crippen LogP contribution in [0, 0.1) is 5.41 Å². The molecule has 1 atom stereocenters. The van der Waals surface area contributed by atoms with Crippen LogP contribution in [0.4, 0.5) is 0 Å². The van der Waals surface area contributed by atoms with Crippen molar-refractivity contribution in [1.82, 2.24) is 10.3 Å². The smallest absolute Gasteiger partial charge is 0.253 e. The van der Waals surface area contributed by atoms with Crippen molar-refractivity contribution in [2.75, 3.05) is 6.54 Å². The van der Waals surface area contributed by atoms with E-state index in [0.29, 0.717) is 17.8 Å². The summed E-state index contributed by atoms with van der Waals surface area (Å²) in [6, 6.07) is 1.85. The van der Waals surface area contributed by atoms with E-state index in [9.17, 15) is 4.79 Å². The third kappa shape index (κ3) is 3.70. The Morgan fingerprint density at radius 2 is 2.22 bits per heavy atom. The van der Waals surface area contributed by atoms with Crippen LogP contribution in [0.2, 0.25) is 0 Å². The van der Waals surface area contributed by atoms with E-state index in [1.165, 1.54) is 5.57 Å². The molecule has 0 aromatic carbocycles. The first kappa shape index (κ1) is 17.0. The van der Waals surface area contributed by atoms with Gasteiger partial charge in [-0.15, -0.1) is 0 Å². The number of allylic oxidation sites excluding steroid dienone is 5. The molecule has 4 heteroatoms. The normalized spacial score (nSPS) is 18.4. The molecule has 23 heavy (non-hydrogen) atoms. The van der Waals surface area contributed by atoms with Gasteiger partial charge in [0.05, 0.1) is 5.56 Å². The number of fused-ring (bicyclic) bond motifs is 1. The van der Waals surface area contributed by atoms with Gasteiger partial charge >= 0.3 is 0 Å². The highest BCUT2D eigenvalue weighted by Gasteiger charge is 2.27. The molecule has 0 saturated carbocycles. The van der Waals surface area contributed by atoms with Crippen LogP contribution in [-0.2, 0) is 0 Å². The molecule has 4 nitrogen and oxygen atoms in total. The van der Waals surface area contributed by atoms with Crippen LogP contribution in [0.5, 0.6) is 0 Å². The Morgan fingerprint density at radius 3 is 2.83 bits per heavy atom. The van der Waals surface area contributed by atoms with Crippen molar-refractivity contribution in [3.8, 4) is 0 Å². The molecule has 2 heterocycles. The van der Waals surface area contributed by atoms with Gasteiger partial charge in [-0.3, -0.25) is 4.79 Å². The molecule has 1 aromatic heterocycles. The summed E-state index contributed by atoms with van der Waals surface area (Å²) in [4.78, 5) is 15.5. The van der Waals surface area contributed by atoms with Gasteiger partial charge in [0, 0.05) is 35.1 Å². The number of aromatic nitrogens is 1. The average molecular weight is 311 g/mol. The van der Waals surface area contributed by atoms with Crippen molar-refractivity contribution in [1.29, 1.82) is 5.41 Å². The quantitative estimate of drug-likeness (QED) is 0.411. The monoisotopic (exact) mass is 311 g/mol. The zero-order valence-electron chi connectivity index (χ0n) is 14.1. The van der Waals surface area contributed by atoms with Gasteiger partial charge in [-0.25, -0.2) is 0 Å². The van der Waals surface area contributed by atoms with Crippen LogP contribution in [0.1, 0.15) is 61.3 Å². The fourth-order valence-electron chi connectivity index (χ4n) is 2.76. The summed E-state index contributed by atoms with van der Waals surface area (Å²) in [5.41, 5.74) is 5.04. The molecular weight excluding hydrogens is 286 g/mol.